The maximum atomic E-state index is 12.5. The predicted molar refractivity (Wildman–Crippen MR) is 108 cm³/mol. The molecule has 1 fully saturated rings. The van der Waals surface area contributed by atoms with E-state index in [0.717, 1.165) is 17.1 Å². The number of piperazine rings is 1. The van der Waals surface area contributed by atoms with Crippen molar-refractivity contribution in [2.75, 3.05) is 44.7 Å². The molecule has 0 spiro atoms. The summed E-state index contributed by atoms with van der Waals surface area (Å²) in [4.78, 5) is 32.3. The summed E-state index contributed by atoms with van der Waals surface area (Å²) in [5, 5.41) is 2.96. The molecule has 1 saturated heterocycles. The Labute approximate surface area is 165 Å². The summed E-state index contributed by atoms with van der Waals surface area (Å²) in [6.07, 6.45) is 2.35. The highest BCUT2D eigenvalue weighted by Gasteiger charge is 2.20. The Balaban J connectivity index is 1.56. The van der Waals surface area contributed by atoms with E-state index in [9.17, 15) is 9.59 Å². The van der Waals surface area contributed by atoms with Gasteiger partial charge in [-0.05, 0) is 30.2 Å². The Kier molecular flexibility index (Phi) is 6.47. The smallest absolute Gasteiger partial charge is 0.251 e. The largest absolute Gasteiger partial charge is 0.496 e. The summed E-state index contributed by atoms with van der Waals surface area (Å²) < 4.78 is 5.34. The van der Waals surface area contributed by atoms with Crippen molar-refractivity contribution < 1.29 is 14.3 Å². The number of nitrogens with one attached hydrogen (secondary N) is 1. The number of benzene rings is 1. The first-order valence-corrected chi connectivity index (χ1v) is 9.45. The van der Waals surface area contributed by atoms with Crippen molar-refractivity contribution in [3.8, 4) is 5.75 Å². The maximum Gasteiger partial charge on any atom is 0.251 e. The average Bonchev–Trinajstić information content (AvgIpc) is 2.74. The summed E-state index contributed by atoms with van der Waals surface area (Å²) >= 11 is 0. The lowest BCUT2D eigenvalue weighted by Gasteiger charge is -2.35. The second-order valence-corrected chi connectivity index (χ2v) is 6.71. The molecule has 1 aromatic carbocycles. The maximum absolute atomic E-state index is 12.5. The Bertz CT molecular complexity index is 832. The Hall–Kier alpha value is -3.09. The minimum absolute atomic E-state index is 0.0933. The number of carbonyl (C=O) groups excluding carboxylic acids is 2. The molecule has 28 heavy (non-hydrogen) atoms. The highest BCUT2D eigenvalue weighted by molar-refractivity contribution is 5.94. The molecule has 7 nitrogen and oxygen atoms in total. The van der Waals surface area contributed by atoms with Crippen LogP contribution in [0.3, 0.4) is 0 Å². The molecule has 2 aromatic rings. The molecule has 0 saturated carbocycles. The zero-order chi connectivity index (χ0) is 19.9. The lowest BCUT2D eigenvalue weighted by molar-refractivity contribution is -0.129. The monoisotopic (exact) mass is 382 g/mol. The van der Waals surface area contributed by atoms with Crippen LogP contribution in [0.15, 0.2) is 42.6 Å². The standard InChI is InChI=1S/C21H26N4O3/c1-16(26)24-11-13-25(14-12-24)20-15-18(8-9-22-20)21(27)23-10-7-17-5-3-4-6-19(17)28-2/h3-6,8-9,15H,7,10-14H2,1-2H3,(H,23,27). The van der Waals surface area contributed by atoms with Gasteiger partial charge >= 0.3 is 0 Å². The normalized spacial score (nSPS) is 13.9. The van der Waals surface area contributed by atoms with E-state index in [4.69, 9.17) is 4.74 Å². The van der Waals surface area contributed by atoms with Gasteiger partial charge in [-0.2, -0.15) is 0 Å². The number of pyridine rings is 1. The zero-order valence-corrected chi connectivity index (χ0v) is 16.4. The molecule has 0 radical (unpaired) electrons. The fraction of sp³-hybridized carbons (Fsp3) is 0.381. The lowest BCUT2D eigenvalue weighted by Crippen LogP contribution is -2.48. The Morgan fingerprint density at radius 2 is 1.89 bits per heavy atom. The molecule has 1 aliphatic rings. The van der Waals surface area contributed by atoms with Crippen LogP contribution in [0.25, 0.3) is 0 Å². The molecule has 0 bridgehead atoms. The SMILES string of the molecule is COc1ccccc1CCNC(=O)c1ccnc(N2CCN(C(C)=O)CC2)c1. The van der Waals surface area contributed by atoms with Crippen molar-refractivity contribution >= 4 is 17.6 Å². The Morgan fingerprint density at radius 3 is 2.61 bits per heavy atom. The molecule has 148 valence electrons. The van der Waals surface area contributed by atoms with Gasteiger partial charge in [-0.1, -0.05) is 18.2 Å². The third-order valence-electron chi connectivity index (χ3n) is 4.93. The molecule has 1 aliphatic heterocycles. The van der Waals surface area contributed by atoms with Crippen LogP contribution in [0.5, 0.6) is 5.75 Å². The highest BCUT2D eigenvalue weighted by atomic mass is 16.5. The van der Waals surface area contributed by atoms with Crippen LogP contribution < -0.4 is 15.0 Å². The Morgan fingerprint density at radius 1 is 1.14 bits per heavy atom. The number of carbonyl (C=O) groups is 2. The van der Waals surface area contributed by atoms with E-state index < -0.39 is 0 Å². The predicted octanol–water partition coefficient (Wildman–Crippen LogP) is 1.73. The van der Waals surface area contributed by atoms with Crippen molar-refractivity contribution in [3.63, 3.8) is 0 Å². The molecule has 0 unspecified atom stereocenters. The number of ether oxygens (including phenoxy) is 1. The zero-order valence-electron chi connectivity index (χ0n) is 16.4. The molecule has 1 N–H and O–H groups in total. The van der Waals surface area contributed by atoms with Gasteiger partial charge in [0.15, 0.2) is 0 Å². The van der Waals surface area contributed by atoms with E-state index in [1.54, 1.807) is 26.3 Å². The first-order valence-electron chi connectivity index (χ1n) is 9.45. The molecule has 0 aliphatic carbocycles. The number of nitrogens with zero attached hydrogens (tertiary/aromatic N) is 3. The van der Waals surface area contributed by atoms with Crippen molar-refractivity contribution in [3.05, 3.63) is 53.7 Å². The number of amides is 2. The van der Waals surface area contributed by atoms with E-state index >= 15 is 0 Å². The third kappa shape index (κ3) is 4.79. The molecule has 0 atom stereocenters. The summed E-state index contributed by atoms with van der Waals surface area (Å²) in [6, 6.07) is 11.3. The van der Waals surface area contributed by atoms with Gasteiger partial charge in [0.25, 0.3) is 5.91 Å². The molecular formula is C21H26N4O3. The number of methoxy groups -OCH3 is 1. The van der Waals surface area contributed by atoms with Crippen LogP contribution in [-0.4, -0.2) is 61.5 Å². The summed E-state index contributed by atoms with van der Waals surface area (Å²) in [5.74, 6) is 1.56. The molecule has 3 rings (SSSR count). The van der Waals surface area contributed by atoms with Gasteiger partial charge in [-0.25, -0.2) is 4.98 Å². The van der Waals surface area contributed by atoms with E-state index in [-0.39, 0.29) is 11.8 Å². The summed E-state index contributed by atoms with van der Waals surface area (Å²) in [6.45, 7) is 4.88. The van der Waals surface area contributed by atoms with E-state index in [1.807, 2.05) is 35.2 Å². The highest BCUT2D eigenvalue weighted by Crippen LogP contribution is 2.18. The van der Waals surface area contributed by atoms with Crippen molar-refractivity contribution in [1.29, 1.82) is 0 Å². The average molecular weight is 382 g/mol. The molecule has 2 amide bonds. The topological polar surface area (TPSA) is 74.8 Å². The number of para-hydroxylation sites is 1. The minimum Gasteiger partial charge on any atom is -0.496 e. The number of hydrogen-bond donors (Lipinski definition) is 1. The number of rotatable bonds is 6. The minimum atomic E-state index is -0.124. The first-order chi connectivity index (χ1) is 13.6. The lowest BCUT2D eigenvalue weighted by atomic mass is 10.1. The number of aromatic nitrogens is 1. The summed E-state index contributed by atoms with van der Waals surface area (Å²) in [7, 11) is 1.64. The van der Waals surface area contributed by atoms with Crippen LogP contribution in [0.4, 0.5) is 5.82 Å². The van der Waals surface area contributed by atoms with Gasteiger partial charge in [0.05, 0.1) is 7.11 Å². The second-order valence-electron chi connectivity index (χ2n) is 6.71. The number of hydrogen-bond acceptors (Lipinski definition) is 5. The summed E-state index contributed by atoms with van der Waals surface area (Å²) in [5.41, 5.74) is 1.64. The van der Waals surface area contributed by atoms with Gasteiger partial charge in [0.1, 0.15) is 11.6 Å². The van der Waals surface area contributed by atoms with E-state index in [0.29, 0.717) is 44.7 Å². The molecular weight excluding hydrogens is 356 g/mol. The van der Waals surface area contributed by atoms with Gasteiger partial charge < -0.3 is 19.9 Å². The quantitative estimate of drug-likeness (QED) is 0.824. The van der Waals surface area contributed by atoms with Crippen molar-refractivity contribution in [1.82, 2.24) is 15.2 Å². The van der Waals surface area contributed by atoms with E-state index in [1.165, 1.54) is 0 Å². The fourth-order valence-corrected chi connectivity index (χ4v) is 3.31. The van der Waals surface area contributed by atoms with Crippen LogP contribution in [0.1, 0.15) is 22.8 Å². The van der Waals surface area contributed by atoms with Gasteiger partial charge in [0, 0.05) is 51.4 Å². The van der Waals surface area contributed by atoms with Crippen molar-refractivity contribution in [2.45, 2.75) is 13.3 Å². The molecule has 7 heteroatoms. The van der Waals surface area contributed by atoms with E-state index in [2.05, 4.69) is 15.2 Å². The van der Waals surface area contributed by atoms with Crippen LogP contribution in [-0.2, 0) is 11.2 Å². The van der Waals surface area contributed by atoms with Gasteiger partial charge in [-0.3, -0.25) is 9.59 Å². The van der Waals surface area contributed by atoms with Gasteiger partial charge in [-0.15, -0.1) is 0 Å². The number of anilines is 1. The van der Waals surface area contributed by atoms with Crippen molar-refractivity contribution in [2.24, 2.45) is 0 Å². The second kappa shape index (κ2) is 9.21. The molecule has 1 aromatic heterocycles. The van der Waals surface area contributed by atoms with Crippen LogP contribution in [0, 0.1) is 0 Å². The molecule has 2 heterocycles. The first kappa shape index (κ1) is 19.7. The van der Waals surface area contributed by atoms with Crippen LogP contribution in [0.2, 0.25) is 0 Å². The van der Waals surface area contributed by atoms with Crippen LogP contribution >= 0.6 is 0 Å². The third-order valence-corrected chi connectivity index (χ3v) is 4.93. The van der Waals surface area contributed by atoms with Gasteiger partial charge in [0.2, 0.25) is 5.91 Å². The fourth-order valence-electron chi connectivity index (χ4n) is 3.31.